The zero-order valence-electron chi connectivity index (χ0n) is 14.3. The van der Waals surface area contributed by atoms with Gasteiger partial charge < -0.3 is 9.47 Å². The Balaban J connectivity index is 1.75. The molecule has 0 saturated heterocycles. The van der Waals surface area contributed by atoms with Crippen LogP contribution >= 0.6 is 0 Å². The molecule has 0 spiro atoms. The van der Waals surface area contributed by atoms with Crippen LogP contribution in [0.1, 0.15) is 18.1 Å². The molecule has 0 atom stereocenters. The number of rotatable bonds is 6. The second-order valence-corrected chi connectivity index (χ2v) is 7.46. The number of fused-ring (bicyclic) bond motifs is 1. The van der Waals surface area contributed by atoms with Gasteiger partial charge in [0.15, 0.2) is 11.5 Å². The maximum atomic E-state index is 12.4. The van der Waals surface area contributed by atoms with Crippen molar-refractivity contribution in [1.29, 1.82) is 0 Å². The van der Waals surface area contributed by atoms with E-state index in [2.05, 4.69) is 4.72 Å². The Morgan fingerprint density at radius 1 is 1.15 bits per heavy atom. The van der Waals surface area contributed by atoms with Crippen LogP contribution in [0.4, 0.5) is 0 Å². The molecule has 136 valence electrons. The molecule has 2 aromatic rings. The molecule has 0 bridgehead atoms. The number of carbonyl (C=O) groups is 1. The van der Waals surface area contributed by atoms with Crippen molar-refractivity contribution in [3.05, 3.63) is 65.2 Å². The average molecular weight is 373 g/mol. The van der Waals surface area contributed by atoms with Crippen LogP contribution in [0.2, 0.25) is 0 Å². The summed E-state index contributed by atoms with van der Waals surface area (Å²) < 4.78 is 37.7. The quantitative estimate of drug-likeness (QED) is 0.841. The minimum absolute atomic E-state index is 0.0240. The predicted molar refractivity (Wildman–Crippen MR) is 98.3 cm³/mol. The van der Waals surface area contributed by atoms with Crippen LogP contribution in [0.25, 0.3) is 6.08 Å². The number of sulfonamides is 1. The molecule has 1 heterocycles. The summed E-state index contributed by atoms with van der Waals surface area (Å²) in [5.74, 6) is 0.197. The van der Waals surface area contributed by atoms with E-state index in [0.29, 0.717) is 29.2 Å². The third-order valence-corrected chi connectivity index (χ3v) is 4.96. The number of amides is 1. The van der Waals surface area contributed by atoms with Gasteiger partial charge in [-0.3, -0.25) is 4.79 Å². The summed E-state index contributed by atoms with van der Waals surface area (Å²) in [6, 6.07) is 14.0. The summed E-state index contributed by atoms with van der Waals surface area (Å²) in [6.07, 6.45) is 1.62. The molecule has 0 fully saturated rings. The van der Waals surface area contributed by atoms with Crippen LogP contribution in [0, 0.1) is 0 Å². The lowest BCUT2D eigenvalue weighted by Crippen LogP contribution is -2.34. The molecule has 2 aromatic carbocycles. The van der Waals surface area contributed by atoms with Gasteiger partial charge in [0.2, 0.25) is 10.0 Å². The average Bonchev–Trinajstić information content (AvgIpc) is 2.62. The Morgan fingerprint density at radius 2 is 1.92 bits per heavy atom. The first-order chi connectivity index (χ1) is 12.5. The lowest BCUT2D eigenvalue weighted by Gasteiger charge is -2.20. The van der Waals surface area contributed by atoms with E-state index in [1.54, 1.807) is 54.6 Å². The van der Waals surface area contributed by atoms with Crippen molar-refractivity contribution in [3.8, 4) is 11.5 Å². The van der Waals surface area contributed by atoms with Crippen molar-refractivity contribution in [2.24, 2.45) is 0 Å². The summed E-state index contributed by atoms with van der Waals surface area (Å²) in [5.41, 5.74) is 1.52. The largest absolute Gasteiger partial charge is 0.490 e. The van der Waals surface area contributed by atoms with Crippen LogP contribution in [0.5, 0.6) is 11.5 Å². The van der Waals surface area contributed by atoms with Gasteiger partial charge in [-0.05, 0) is 24.6 Å². The zero-order valence-corrected chi connectivity index (χ0v) is 15.1. The van der Waals surface area contributed by atoms with Crippen LogP contribution in [0.3, 0.4) is 0 Å². The minimum Gasteiger partial charge on any atom is -0.490 e. The highest BCUT2D eigenvalue weighted by Crippen LogP contribution is 2.35. The summed E-state index contributed by atoms with van der Waals surface area (Å²) in [4.78, 5) is 12.4. The van der Waals surface area contributed by atoms with E-state index < -0.39 is 15.9 Å². The van der Waals surface area contributed by atoms with E-state index in [-0.39, 0.29) is 17.9 Å². The second-order valence-electron chi connectivity index (χ2n) is 5.74. The Bertz CT molecular complexity index is 936. The molecule has 1 aliphatic rings. The van der Waals surface area contributed by atoms with E-state index in [1.807, 2.05) is 6.92 Å². The molecule has 0 radical (unpaired) electrons. The van der Waals surface area contributed by atoms with Crippen LogP contribution in [-0.2, 0) is 20.6 Å². The summed E-state index contributed by atoms with van der Waals surface area (Å²) >= 11 is 0. The first-order valence-electron chi connectivity index (χ1n) is 8.16. The molecule has 1 aliphatic heterocycles. The highest BCUT2D eigenvalue weighted by Gasteiger charge is 2.23. The number of hydrogen-bond donors (Lipinski definition) is 1. The molecular weight excluding hydrogens is 354 g/mol. The standard InChI is InChI=1S/C19H19NO5S/c1-2-24-17-10-6-9-15-11-16(12-25-18(15)17)19(21)20-26(22,23)13-14-7-4-3-5-8-14/h3-11H,2,12-13H2,1H3,(H,20,21). The fraction of sp³-hybridized carbons (Fsp3) is 0.211. The van der Waals surface area contributed by atoms with Gasteiger partial charge in [0.25, 0.3) is 5.91 Å². The number of nitrogens with one attached hydrogen (secondary N) is 1. The Hall–Kier alpha value is -2.80. The van der Waals surface area contributed by atoms with Gasteiger partial charge in [0, 0.05) is 5.56 Å². The SMILES string of the molecule is CCOc1cccc2c1OCC(C(=O)NS(=O)(=O)Cc1ccccc1)=C2. The van der Waals surface area contributed by atoms with Crippen LogP contribution < -0.4 is 14.2 Å². The lowest BCUT2D eigenvalue weighted by molar-refractivity contribution is -0.116. The molecule has 1 amide bonds. The van der Waals surface area contributed by atoms with E-state index in [9.17, 15) is 13.2 Å². The molecule has 0 aliphatic carbocycles. The molecule has 0 aromatic heterocycles. The van der Waals surface area contributed by atoms with E-state index in [0.717, 1.165) is 0 Å². The normalized spacial score (nSPS) is 13.2. The van der Waals surface area contributed by atoms with Crippen molar-refractivity contribution in [3.63, 3.8) is 0 Å². The van der Waals surface area contributed by atoms with Gasteiger partial charge in [-0.15, -0.1) is 0 Å². The molecule has 6 nitrogen and oxygen atoms in total. The van der Waals surface area contributed by atoms with Gasteiger partial charge in [0.05, 0.1) is 17.9 Å². The highest BCUT2D eigenvalue weighted by molar-refractivity contribution is 7.89. The molecule has 1 N–H and O–H groups in total. The fourth-order valence-corrected chi connectivity index (χ4v) is 3.73. The van der Waals surface area contributed by atoms with Crippen molar-refractivity contribution in [1.82, 2.24) is 4.72 Å². The highest BCUT2D eigenvalue weighted by atomic mass is 32.2. The number of para-hydroxylation sites is 1. The van der Waals surface area contributed by atoms with Gasteiger partial charge >= 0.3 is 0 Å². The van der Waals surface area contributed by atoms with Gasteiger partial charge in [0.1, 0.15) is 6.61 Å². The van der Waals surface area contributed by atoms with Gasteiger partial charge in [-0.1, -0.05) is 42.5 Å². The van der Waals surface area contributed by atoms with Gasteiger partial charge in [-0.2, -0.15) is 0 Å². The molecule has 7 heteroatoms. The minimum atomic E-state index is -3.80. The number of ether oxygens (including phenoxy) is 2. The topological polar surface area (TPSA) is 81.7 Å². The maximum absolute atomic E-state index is 12.4. The van der Waals surface area contributed by atoms with Crippen molar-refractivity contribution >= 4 is 22.0 Å². The van der Waals surface area contributed by atoms with Crippen molar-refractivity contribution in [2.75, 3.05) is 13.2 Å². The van der Waals surface area contributed by atoms with Crippen LogP contribution in [-0.4, -0.2) is 27.5 Å². The Labute approximate surface area is 152 Å². The van der Waals surface area contributed by atoms with Gasteiger partial charge in [-0.25, -0.2) is 13.1 Å². The summed E-state index contributed by atoms with van der Waals surface area (Å²) in [5, 5.41) is 0. The fourth-order valence-electron chi connectivity index (χ4n) is 2.62. The van der Waals surface area contributed by atoms with E-state index in [1.165, 1.54) is 0 Å². The van der Waals surface area contributed by atoms with Crippen LogP contribution in [0.15, 0.2) is 54.1 Å². The molecule has 26 heavy (non-hydrogen) atoms. The van der Waals surface area contributed by atoms with E-state index in [4.69, 9.17) is 9.47 Å². The Kier molecular flexibility index (Phi) is 5.27. The molecule has 0 unspecified atom stereocenters. The maximum Gasteiger partial charge on any atom is 0.264 e. The van der Waals surface area contributed by atoms with Crippen molar-refractivity contribution in [2.45, 2.75) is 12.7 Å². The predicted octanol–water partition coefficient (Wildman–Crippen LogP) is 2.51. The monoisotopic (exact) mass is 373 g/mol. The summed E-state index contributed by atoms with van der Waals surface area (Å²) in [7, 11) is -3.80. The van der Waals surface area contributed by atoms with E-state index >= 15 is 0 Å². The number of benzene rings is 2. The number of hydrogen-bond acceptors (Lipinski definition) is 5. The van der Waals surface area contributed by atoms with Crippen molar-refractivity contribution < 1.29 is 22.7 Å². The third kappa shape index (κ3) is 4.23. The number of carbonyl (C=O) groups excluding carboxylic acids is 1. The first-order valence-corrected chi connectivity index (χ1v) is 9.81. The molecule has 0 saturated carbocycles. The Morgan fingerprint density at radius 3 is 2.65 bits per heavy atom. The smallest absolute Gasteiger partial charge is 0.264 e. The lowest BCUT2D eigenvalue weighted by atomic mass is 10.1. The third-order valence-electron chi connectivity index (χ3n) is 3.75. The second kappa shape index (κ2) is 7.61. The summed E-state index contributed by atoms with van der Waals surface area (Å²) in [6.45, 7) is 2.34. The first kappa shape index (κ1) is 18.0. The zero-order chi connectivity index (χ0) is 18.6. The molecular formula is C19H19NO5S. The molecule has 3 rings (SSSR count).